The summed E-state index contributed by atoms with van der Waals surface area (Å²) in [5, 5.41) is 13.4. The minimum atomic E-state index is -3.84. The molecule has 6 rings (SSSR count). The van der Waals surface area contributed by atoms with Gasteiger partial charge in [-0.2, -0.15) is 8.96 Å². The van der Waals surface area contributed by atoms with Crippen LogP contribution in [0.5, 0.6) is 0 Å². The summed E-state index contributed by atoms with van der Waals surface area (Å²) in [6, 6.07) is 19.8. The topological polar surface area (TPSA) is 93.1 Å². The van der Waals surface area contributed by atoms with Gasteiger partial charge in [0.2, 0.25) is 15.6 Å². The van der Waals surface area contributed by atoms with Crippen molar-refractivity contribution in [2.45, 2.75) is 19.9 Å². The van der Waals surface area contributed by atoms with Crippen LogP contribution in [0.3, 0.4) is 0 Å². The van der Waals surface area contributed by atoms with Gasteiger partial charge in [-0.1, -0.05) is 59.6 Å². The Bertz CT molecular complexity index is 1880. The third-order valence-electron chi connectivity index (χ3n) is 7.14. The van der Waals surface area contributed by atoms with Crippen LogP contribution in [0.15, 0.2) is 86.9 Å². The Kier molecular flexibility index (Phi) is 7.05. The number of hydrogen-bond donors (Lipinski definition) is 0. The van der Waals surface area contributed by atoms with Crippen molar-refractivity contribution < 1.29 is 22.5 Å². The van der Waals surface area contributed by atoms with Gasteiger partial charge in [0.1, 0.15) is 12.4 Å². The Hall–Kier alpha value is -3.79. The fourth-order valence-corrected chi connectivity index (χ4v) is 6.19. The number of allylic oxidation sites excluding steroid dienone is 1. The SMILES string of the molecule is CC[n+]1c(C=CC2=C3N(CC2)c2cc(Cl)c(Cl)cc2N3CC([O-])=NS(C)(=O)=O)oc2ccc(-c3ccccc3)cc21. The molecule has 8 nitrogen and oxygen atoms in total. The van der Waals surface area contributed by atoms with Crippen LogP contribution in [0.1, 0.15) is 19.2 Å². The number of anilines is 2. The second kappa shape index (κ2) is 10.6. The van der Waals surface area contributed by atoms with E-state index in [1.165, 1.54) is 0 Å². The zero-order chi connectivity index (χ0) is 28.9. The van der Waals surface area contributed by atoms with Crippen molar-refractivity contribution in [3.8, 4) is 11.1 Å². The molecule has 11 heteroatoms. The molecule has 4 aromatic rings. The molecule has 0 N–H and O–H groups in total. The van der Waals surface area contributed by atoms with Crippen LogP contribution in [0.25, 0.3) is 28.3 Å². The lowest BCUT2D eigenvalue weighted by atomic mass is 10.1. The van der Waals surface area contributed by atoms with Crippen LogP contribution in [-0.2, 0) is 16.6 Å². The molecule has 0 fully saturated rings. The van der Waals surface area contributed by atoms with Crippen LogP contribution in [-0.4, -0.2) is 33.7 Å². The Morgan fingerprint density at radius 2 is 1.78 bits per heavy atom. The van der Waals surface area contributed by atoms with Gasteiger partial charge in [-0.05, 0) is 60.2 Å². The highest BCUT2D eigenvalue weighted by molar-refractivity contribution is 7.89. The summed E-state index contributed by atoms with van der Waals surface area (Å²) in [6.45, 7) is 3.17. The molecular weight excluding hydrogens is 583 g/mol. The van der Waals surface area contributed by atoms with Gasteiger partial charge in [0.25, 0.3) is 5.52 Å². The van der Waals surface area contributed by atoms with E-state index >= 15 is 0 Å². The quantitative estimate of drug-likeness (QED) is 0.159. The standard InChI is InChI=1S/C30H26Cl2N4O4S/c1-3-34-26-15-21(19-7-5-4-6-8-19)9-11-27(26)40-29(34)12-10-20-13-14-35-24-16-22(31)23(32)17-25(24)36(30(20)35)18-28(37)33-41(2,38)39/h4-12,15-17H,3,13-14,18H2,1-2H3. The van der Waals surface area contributed by atoms with Crippen molar-refractivity contribution in [1.82, 2.24) is 0 Å². The van der Waals surface area contributed by atoms with Gasteiger partial charge in [0.05, 0.1) is 40.3 Å². The summed E-state index contributed by atoms with van der Waals surface area (Å²) < 4.78 is 35.0. The highest BCUT2D eigenvalue weighted by atomic mass is 35.5. The third-order valence-corrected chi connectivity index (χ3v) is 8.40. The zero-order valence-corrected chi connectivity index (χ0v) is 24.7. The summed E-state index contributed by atoms with van der Waals surface area (Å²) in [4.78, 5) is 3.81. The molecule has 2 aliphatic rings. The van der Waals surface area contributed by atoms with E-state index in [2.05, 4.69) is 45.1 Å². The fourth-order valence-electron chi connectivity index (χ4n) is 5.45. The van der Waals surface area contributed by atoms with Crippen LogP contribution >= 0.6 is 23.2 Å². The van der Waals surface area contributed by atoms with Crippen LogP contribution in [0.2, 0.25) is 10.0 Å². The van der Waals surface area contributed by atoms with Crippen molar-refractivity contribution in [3.63, 3.8) is 0 Å². The first-order chi connectivity index (χ1) is 19.6. The van der Waals surface area contributed by atoms with Gasteiger partial charge >= 0.3 is 5.89 Å². The first-order valence-corrected chi connectivity index (χ1v) is 15.7. The van der Waals surface area contributed by atoms with E-state index in [1.54, 1.807) is 17.0 Å². The summed E-state index contributed by atoms with van der Waals surface area (Å²) >= 11 is 12.7. The van der Waals surface area contributed by atoms with E-state index in [0.29, 0.717) is 41.1 Å². The average molecular weight is 610 g/mol. The normalized spacial score (nSPS) is 15.5. The van der Waals surface area contributed by atoms with E-state index in [9.17, 15) is 13.5 Å². The number of aryl methyl sites for hydroxylation is 1. The largest absolute Gasteiger partial charge is 0.860 e. The van der Waals surface area contributed by atoms with E-state index in [1.807, 2.05) is 36.4 Å². The maximum absolute atomic E-state index is 12.6. The van der Waals surface area contributed by atoms with E-state index < -0.39 is 15.9 Å². The smallest absolute Gasteiger partial charge is 0.374 e. The Morgan fingerprint density at radius 1 is 1.05 bits per heavy atom. The summed E-state index contributed by atoms with van der Waals surface area (Å²) in [7, 11) is -3.84. The third kappa shape index (κ3) is 5.21. The molecule has 1 aromatic heterocycles. The lowest BCUT2D eigenvalue weighted by Gasteiger charge is -2.25. The van der Waals surface area contributed by atoms with Gasteiger partial charge in [-0.3, -0.25) is 0 Å². The second-order valence-electron chi connectivity index (χ2n) is 9.88. The van der Waals surface area contributed by atoms with Crippen molar-refractivity contribution in [2.75, 3.05) is 29.1 Å². The van der Waals surface area contributed by atoms with Crippen molar-refractivity contribution in [1.29, 1.82) is 0 Å². The van der Waals surface area contributed by atoms with E-state index in [4.69, 9.17) is 27.6 Å². The number of sulfonamides is 1. The Balaban J connectivity index is 1.41. The molecule has 0 saturated heterocycles. The average Bonchev–Trinajstić information content (AvgIpc) is 3.59. The lowest BCUT2D eigenvalue weighted by molar-refractivity contribution is -0.674. The van der Waals surface area contributed by atoms with Gasteiger partial charge in [0, 0.05) is 12.6 Å². The molecular formula is C30H26Cl2N4O4S. The fraction of sp³-hybridized carbons (Fsp3) is 0.200. The molecule has 0 bridgehead atoms. The molecule has 0 radical (unpaired) electrons. The highest BCUT2D eigenvalue weighted by Gasteiger charge is 2.37. The van der Waals surface area contributed by atoms with Gasteiger partial charge in [-0.25, -0.2) is 8.42 Å². The monoisotopic (exact) mass is 608 g/mol. The predicted octanol–water partition coefficient (Wildman–Crippen LogP) is 5.39. The van der Waals surface area contributed by atoms with Gasteiger partial charge < -0.3 is 19.3 Å². The van der Waals surface area contributed by atoms with Crippen LogP contribution < -0.4 is 19.5 Å². The maximum atomic E-state index is 12.6. The maximum Gasteiger partial charge on any atom is 0.374 e. The number of hydrogen-bond acceptors (Lipinski definition) is 6. The molecule has 0 unspecified atom stereocenters. The Morgan fingerprint density at radius 3 is 2.49 bits per heavy atom. The van der Waals surface area contributed by atoms with E-state index in [0.717, 1.165) is 45.6 Å². The molecule has 41 heavy (non-hydrogen) atoms. The molecule has 3 heterocycles. The lowest BCUT2D eigenvalue weighted by Crippen LogP contribution is -2.36. The molecule has 0 atom stereocenters. The molecule has 210 valence electrons. The van der Waals surface area contributed by atoms with E-state index in [-0.39, 0.29) is 6.54 Å². The number of fused-ring (bicyclic) bond motifs is 4. The van der Waals surface area contributed by atoms with Crippen molar-refractivity contribution in [2.24, 2.45) is 4.40 Å². The zero-order valence-electron chi connectivity index (χ0n) is 22.3. The molecule has 3 aromatic carbocycles. The summed E-state index contributed by atoms with van der Waals surface area (Å²) in [5.74, 6) is 0.678. The first kappa shape index (κ1) is 27.4. The number of aromatic nitrogens is 1. The van der Waals surface area contributed by atoms with Gasteiger partial charge in [-0.15, -0.1) is 0 Å². The van der Waals surface area contributed by atoms with Gasteiger partial charge in [0.15, 0.2) is 0 Å². The number of nitrogens with zero attached hydrogens (tertiary/aromatic N) is 4. The predicted molar refractivity (Wildman–Crippen MR) is 162 cm³/mol. The summed E-state index contributed by atoms with van der Waals surface area (Å²) in [5.41, 5.74) is 6.42. The molecule has 0 spiro atoms. The summed E-state index contributed by atoms with van der Waals surface area (Å²) in [6.07, 6.45) is 5.51. The number of oxazole rings is 1. The number of rotatable bonds is 7. The van der Waals surface area contributed by atoms with Crippen molar-refractivity contribution >= 4 is 67.7 Å². The molecule has 0 amide bonds. The Labute approximate surface area is 248 Å². The second-order valence-corrected chi connectivity index (χ2v) is 12.3. The number of halogens is 2. The minimum absolute atomic E-state index is 0.261. The van der Waals surface area contributed by atoms with Crippen LogP contribution in [0, 0.1) is 0 Å². The minimum Gasteiger partial charge on any atom is -0.860 e. The number of benzene rings is 3. The highest BCUT2D eigenvalue weighted by Crippen LogP contribution is 2.49. The molecule has 0 aliphatic carbocycles. The molecule has 2 aliphatic heterocycles. The van der Waals surface area contributed by atoms with Crippen LogP contribution in [0.4, 0.5) is 11.4 Å². The van der Waals surface area contributed by atoms with Crippen molar-refractivity contribution in [3.05, 3.63) is 94.1 Å². The molecule has 0 saturated carbocycles. The first-order valence-electron chi connectivity index (χ1n) is 13.1.